The summed E-state index contributed by atoms with van der Waals surface area (Å²) < 4.78 is 16.1. The van der Waals surface area contributed by atoms with Crippen molar-refractivity contribution in [3.8, 4) is 0 Å². The molecule has 2 aromatic rings. The van der Waals surface area contributed by atoms with Gasteiger partial charge >= 0.3 is 0 Å². The van der Waals surface area contributed by atoms with Gasteiger partial charge in [0, 0.05) is 10.0 Å². The Morgan fingerprint density at radius 2 is 2.29 bits per heavy atom. The van der Waals surface area contributed by atoms with E-state index >= 15 is 0 Å². The van der Waals surface area contributed by atoms with Crippen LogP contribution in [0.1, 0.15) is 11.4 Å². The number of nitrogens with one attached hydrogen (secondary N) is 1. The zero-order valence-electron chi connectivity index (χ0n) is 9.32. The molecule has 4 nitrogen and oxygen atoms in total. The van der Waals surface area contributed by atoms with Crippen LogP contribution in [0.5, 0.6) is 0 Å². The highest BCUT2D eigenvalue weighted by Gasteiger charge is 2.08. The monoisotopic (exact) mass is 298 g/mol. The van der Waals surface area contributed by atoms with Crippen LogP contribution in [-0.2, 0) is 13.1 Å². The first kappa shape index (κ1) is 12.2. The fraction of sp³-hybridized carbons (Fsp3) is 0.273. The van der Waals surface area contributed by atoms with Gasteiger partial charge in [0.15, 0.2) is 0 Å². The van der Waals surface area contributed by atoms with Crippen molar-refractivity contribution in [3.05, 3.63) is 46.2 Å². The van der Waals surface area contributed by atoms with Crippen LogP contribution in [0.2, 0.25) is 0 Å². The second-order valence-corrected chi connectivity index (χ2v) is 4.52. The number of benzene rings is 1. The molecular weight excluding hydrogens is 287 g/mol. The van der Waals surface area contributed by atoms with Crippen molar-refractivity contribution in [2.45, 2.75) is 13.1 Å². The lowest BCUT2D eigenvalue weighted by Gasteiger charge is -2.07. The lowest BCUT2D eigenvalue weighted by Crippen LogP contribution is -2.14. The molecule has 1 aromatic heterocycles. The predicted molar refractivity (Wildman–Crippen MR) is 66.0 cm³/mol. The van der Waals surface area contributed by atoms with Gasteiger partial charge in [-0.05, 0) is 25.2 Å². The van der Waals surface area contributed by atoms with E-state index in [-0.39, 0.29) is 5.82 Å². The molecule has 0 fully saturated rings. The molecule has 1 N–H and O–H groups in total. The lowest BCUT2D eigenvalue weighted by atomic mass is 10.2. The Kier molecular flexibility index (Phi) is 3.86. The number of aromatic nitrogens is 3. The highest BCUT2D eigenvalue weighted by molar-refractivity contribution is 9.10. The van der Waals surface area contributed by atoms with E-state index in [1.54, 1.807) is 16.8 Å². The third kappa shape index (κ3) is 2.89. The summed E-state index contributed by atoms with van der Waals surface area (Å²) in [5.41, 5.74) is 0.585. The van der Waals surface area contributed by atoms with Crippen molar-refractivity contribution in [1.29, 1.82) is 0 Å². The van der Waals surface area contributed by atoms with E-state index < -0.39 is 0 Å². The van der Waals surface area contributed by atoms with Gasteiger partial charge in [-0.2, -0.15) is 5.10 Å². The fourth-order valence-corrected chi connectivity index (χ4v) is 1.95. The molecule has 0 atom stereocenters. The Morgan fingerprint density at radius 1 is 1.47 bits per heavy atom. The average Bonchev–Trinajstić information content (AvgIpc) is 2.72. The maximum atomic E-state index is 13.6. The highest BCUT2D eigenvalue weighted by Crippen LogP contribution is 2.16. The molecule has 0 aliphatic carbocycles. The molecule has 0 aliphatic rings. The molecule has 0 spiro atoms. The standard InChI is InChI=1S/C11H12BrFN4/c1-14-5-11-15-7-16-17(11)6-8-4-9(12)2-3-10(8)13/h2-4,7,14H,5-6H2,1H3. The largest absolute Gasteiger partial charge is 0.313 e. The highest BCUT2D eigenvalue weighted by atomic mass is 79.9. The molecule has 0 saturated carbocycles. The van der Waals surface area contributed by atoms with E-state index in [4.69, 9.17) is 0 Å². The number of nitrogens with zero attached hydrogens (tertiary/aromatic N) is 3. The Hall–Kier alpha value is -1.27. The second-order valence-electron chi connectivity index (χ2n) is 3.60. The SMILES string of the molecule is CNCc1ncnn1Cc1cc(Br)ccc1F. The second kappa shape index (κ2) is 5.37. The maximum absolute atomic E-state index is 13.6. The molecule has 6 heteroatoms. The van der Waals surface area contributed by atoms with Crippen LogP contribution in [-0.4, -0.2) is 21.8 Å². The van der Waals surface area contributed by atoms with Gasteiger partial charge in [-0.25, -0.2) is 14.1 Å². The molecule has 0 amide bonds. The third-order valence-corrected chi connectivity index (χ3v) is 2.85. The average molecular weight is 299 g/mol. The molecule has 17 heavy (non-hydrogen) atoms. The quantitative estimate of drug-likeness (QED) is 0.938. The molecule has 1 aromatic carbocycles. The summed E-state index contributed by atoms with van der Waals surface area (Å²) in [6.45, 7) is 0.984. The van der Waals surface area contributed by atoms with E-state index in [1.807, 2.05) is 7.05 Å². The van der Waals surface area contributed by atoms with Gasteiger partial charge in [0.25, 0.3) is 0 Å². The lowest BCUT2D eigenvalue weighted by molar-refractivity contribution is 0.565. The van der Waals surface area contributed by atoms with Crippen molar-refractivity contribution in [1.82, 2.24) is 20.1 Å². The van der Waals surface area contributed by atoms with Crippen LogP contribution in [0.3, 0.4) is 0 Å². The van der Waals surface area contributed by atoms with Crippen molar-refractivity contribution in [3.63, 3.8) is 0 Å². The van der Waals surface area contributed by atoms with E-state index in [0.29, 0.717) is 18.7 Å². The number of rotatable bonds is 4. The zero-order chi connectivity index (χ0) is 12.3. The van der Waals surface area contributed by atoms with E-state index in [2.05, 4.69) is 31.3 Å². The molecule has 90 valence electrons. The molecule has 2 rings (SSSR count). The van der Waals surface area contributed by atoms with E-state index in [9.17, 15) is 4.39 Å². The predicted octanol–water partition coefficient (Wildman–Crippen LogP) is 1.95. The first-order valence-corrected chi connectivity index (χ1v) is 5.95. The van der Waals surface area contributed by atoms with Gasteiger partial charge < -0.3 is 5.32 Å². The molecule has 0 saturated heterocycles. The molecule has 0 aliphatic heterocycles. The van der Waals surface area contributed by atoms with Crippen molar-refractivity contribution in [2.75, 3.05) is 7.05 Å². The van der Waals surface area contributed by atoms with Gasteiger partial charge in [0.1, 0.15) is 18.0 Å². The Bertz CT molecular complexity index is 512. The van der Waals surface area contributed by atoms with Gasteiger partial charge in [-0.1, -0.05) is 15.9 Å². The minimum atomic E-state index is -0.237. The summed E-state index contributed by atoms with van der Waals surface area (Å²) in [5.74, 6) is 0.547. The summed E-state index contributed by atoms with van der Waals surface area (Å²) in [6, 6.07) is 4.86. The first-order valence-electron chi connectivity index (χ1n) is 5.16. The normalized spacial score (nSPS) is 10.8. The van der Waals surface area contributed by atoms with Crippen LogP contribution in [0.4, 0.5) is 4.39 Å². The van der Waals surface area contributed by atoms with Crippen molar-refractivity contribution < 1.29 is 4.39 Å². The third-order valence-electron chi connectivity index (χ3n) is 2.36. The smallest absolute Gasteiger partial charge is 0.141 e. The molecule has 0 radical (unpaired) electrons. The minimum absolute atomic E-state index is 0.237. The minimum Gasteiger partial charge on any atom is -0.313 e. The Balaban J connectivity index is 2.25. The van der Waals surface area contributed by atoms with Gasteiger partial charge in [-0.15, -0.1) is 0 Å². The van der Waals surface area contributed by atoms with Gasteiger partial charge in [0.05, 0.1) is 13.1 Å². The van der Waals surface area contributed by atoms with Gasteiger partial charge in [-0.3, -0.25) is 0 Å². The summed E-state index contributed by atoms with van der Waals surface area (Å²) in [5, 5.41) is 7.08. The summed E-state index contributed by atoms with van der Waals surface area (Å²) >= 11 is 3.33. The summed E-state index contributed by atoms with van der Waals surface area (Å²) in [6.07, 6.45) is 1.47. The molecule has 0 bridgehead atoms. The number of halogens is 2. The first-order chi connectivity index (χ1) is 8.20. The van der Waals surface area contributed by atoms with Gasteiger partial charge in [0.2, 0.25) is 0 Å². The topological polar surface area (TPSA) is 42.7 Å². The van der Waals surface area contributed by atoms with Crippen LogP contribution >= 0.6 is 15.9 Å². The van der Waals surface area contributed by atoms with E-state index in [0.717, 1.165) is 10.3 Å². The molecule has 1 heterocycles. The molecular formula is C11H12BrFN4. The number of hydrogen-bond donors (Lipinski definition) is 1. The fourth-order valence-electron chi connectivity index (χ4n) is 1.54. The van der Waals surface area contributed by atoms with Crippen LogP contribution in [0.15, 0.2) is 29.0 Å². The number of hydrogen-bond acceptors (Lipinski definition) is 3. The van der Waals surface area contributed by atoms with Crippen LogP contribution < -0.4 is 5.32 Å². The zero-order valence-corrected chi connectivity index (χ0v) is 10.9. The maximum Gasteiger partial charge on any atom is 0.141 e. The summed E-state index contributed by atoms with van der Waals surface area (Å²) in [4.78, 5) is 4.11. The van der Waals surface area contributed by atoms with Crippen molar-refractivity contribution >= 4 is 15.9 Å². The Labute approximate surface area is 107 Å². The Morgan fingerprint density at radius 3 is 3.06 bits per heavy atom. The summed E-state index contributed by atoms with van der Waals surface area (Å²) in [7, 11) is 1.83. The van der Waals surface area contributed by atoms with Crippen molar-refractivity contribution in [2.24, 2.45) is 0 Å². The van der Waals surface area contributed by atoms with E-state index in [1.165, 1.54) is 12.4 Å². The van der Waals surface area contributed by atoms with Crippen LogP contribution in [0.25, 0.3) is 0 Å². The molecule has 0 unspecified atom stereocenters. The van der Waals surface area contributed by atoms with Crippen LogP contribution in [0, 0.1) is 5.82 Å².